The largest absolute Gasteiger partial charge is 0.352 e. The quantitative estimate of drug-likeness (QED) is 0.585. The van der Waals surface area contributed by atoms with Crippen LogP contribution in [0.15, 0.2) is 77.4 Å². The maximum Gasteiger partial charge on any atom is 0.209 e. The monoisotopic (exact) mass is 380 g/mol. The summed E-state index contributed by atoms with van der Waals surface area (Å²) < 4.78 is 0. The van der Waals surface area contributed by atoms with Gasteiger partial charge in [-0.1, -0.05) is 59.7 Å². The van der Waals surface area contributed by atoms with Crippen molar-refractivity contribution in [3.05, 3.63) is 106 Å². The van der Waals surface area contributed by atoms with Gasteiger partial charge in [-0.25, -0.2) is 4.99 Å². The predicted molar refractivity (Wildman–Crippen MR) is 121 cm³/mol. The summed E-state index contributed by atoms with van der Waals surface area (Å²) in [4.78, 5) is 18.0. The first-order valence-corrected chi connectivity index (χ1v) is 9.78. The Morgan fingerprint density at radius 2 is 1.41 bits per heavy atom. The van der Waals surface area contributed by atoms with Crippen LogP contribution >= 0.6 is 0 Å². The average molecular weight is 380 g/mol. The van der Waals surface area contributed by atoms with Crippen molar-refractivity contribution in [2.75, 3.05) is 5.32 Å². The number of benzene rings is 3. The molecular weight excluding hydrogens is 356 g/mol. The van der Waals surface area contributed by atoms with Crippen LogP contribution in [0.3, 0.4) is 0 Å². The maximum atomic E-state index is 13.1. The van der Waals surface area contributed by atoms with E-state index in [-0.39, 0.29) is 5.78 Å². The lowest BCUT2D eigenvalue weighted by Crippen LogP contribution is -2.22. The molecule has 0 bridgehead atoms. The van der Waals surface area contributed by atoms with Gasteiger partial charge in [0.25, 0.3) is 0 Å². The van der Waals surface area contributed by atoms with Gasteiger partial charge in [0.2, 0.25) is 5.78 Å². The van der Waals surface area contributed by atoms with E-state index in [0.29, 0.717) is 11.3 Å². The molecule has 3 nitrogen and oxygen atoms in total. The molecule has 0 saturated carbocycles. The molecule has 0 atom stereocenters. The Kier molecular flexibility index (Phi) is 4.89. The van der Waals surface area contributed by atoms with Gasteiger partial charge in [0.15, 0.2) is 0 Å². The minimum absolute atomic E-state index is 0.0137. The third-order valence-corrected chi connectivity index (χ3v) is 5.22. The van der Waals surface area contributed by atoms with E-state index in [9.17, 15) is 4.79 Å². The summed E-state index contributed by atoms with van der Waals surface area (Å²) in [7, 11) is 0. The van der Waals surface area contributed by atoms with Crippen LogP contribution in [-0.2, 0) is 0 Å². The summed E-state index contributed by atoms with van der Waals surface area (Å²) in [5.74, 6) is -0.0137. The molecule has 1 aliphatic rings. The number of hydrogen-bond donors (Lipinski definition) is 1. The Balaban J connectivity index is 1.82. The van der Waals surface area contributed by atoms with Crippen LogP contribution in [0.4, 0.5) is 11.4 Å². The average Bonchev–Trinajstić information content (AvgIpc) is 2.69. The van der Waals surface area contributed by atoms with Gasteiger partial charge in [-0.05, 0) is 57.0 Å². The van der Waals surface area contributed by atoms with Crippen molar-refractivity contribution in [1.82, 2.24) is 0 Å². The molecule has 3 aromatic carbocycles. The van der Waals surface area contributed by atoms with Crippen LogP contribution in [-0.4, -0.2) is 11.5 Å². The fourth-order valence-corrected chi connectivity index (χ4v) is 3.67. The van der Waals surface area contributed by atoms with E-state index in [0.717, 1.165) is 33.8 Å². The van der Waals surface area contributed by atoms with Gasteiger partial charge in [0.05, 0.1) is 17.1 Å². The highest BCUT2D eigenvalue weighted by Gasteiger charge is 2.24. The molecule has 144 valence electrons. The second-order valence-electron chi connectivity index (χ2n) is 7.66. The third kappa shape index (κ3) is 3.77. The summed E-state index contributed by atoms with van der Waals surface area (Å²) in [6.45, 7) is 8.24. The summed E-state index contributed by atoms with van der Waals surface area (Å²) in [5.41, 5.74) is 9.33. The molecule has 0 spiro atoms. The van der Waals surface area contributed by atoms with Gasteiger partial charge in [-0.3, -0.25) is 4.79 Å². The Morgan fingerprint density at radius 1 is 0.759 bits per heavy atom. The zero-order valence-corrected chi connectivity index (χ0v) is 17.2. The Hall–Kier alpha value is -3.46. The third-order valence-electron chi connectivity index (χ3n) is 5.22. The highest BCUT2D eigenvalue weighted by molar-refractivity contribution is 6.27. The smallest absolute Gasteiger partial charge is 0.209 e. The topological polar surface area (TPSA) is 41.5 Å². The number of carbonyl (C=O) groups is 1. The van der Waals surface area contributed by atoms with Crippen LogP contribution in [0.2, 0.25) is 0 Å². The standard InChI is InChI=1S/C26H24N2O/c1-16-9-11-22(18(3)13-16)27-24-15-25(26(29)21-8-6-5-7-20(21)24)28-23-12-10-17(2)14-19(23)4/h5-15,28H,1-4H3. The summed E-state index contributed by atoms with van der Waals surface area (Å²) in [6, 6.07) is 20.0. The molecule has 0 aromatic heterocycles. The maximum absolute atomic E-state index is 13.1. The number of fused-ring (bicyclic) bond motifs is 1. The van der Waals surface area contributed by atoms with E-state index in [2.05, 4.69) is 44.3 Å². The molecule has 1 N–H and O–H groups in total. The SMILES string of the molecule is Cc1ccc(N=C2C=C(Nc3ccc(C)cc3C)C(=O)c3ccccc32)c(C)c1. The van der Waals surface area contributed by atoms with Crippen LogP contribution in [0, 0.1) is 27.7 Å². The summed E-state index contributed by atoms with van der Waals surface area (Å²) in [6.07, 6.45) is 1.86. The van der Waals surface area contributed by atoms with Gasteiger partial charge in [0, 0.05) is 16.8 Å². The number of nitrogens with one attached hydrogen (secondary N) is 1. The lowest BCUT2D eigenvalue weighted by atomic mass is 9.91. The number of ketones is 1. The molecule has 0 radical (unpaired) electrons. The Labute approximate surface area is 171 Å². The van der Waals surface area contributed by atoms with Gasteiger partial charge >= 0.3 is 0 Å². The second-order valence-corrected chi connectivity index (χ2v) is 7.66. The molecule has 1 aliphatic carbocycles. The normalized spacial score (nSPS) is 14.6. The number of nitrogens with zero attached hydrogens (tertiary/aromatic N) is 1. The number of aryl methyl sites for hydroxylation is 4. The van der Waals surface area contributed by atoms with Crippen molar-refractivity contribution in [2.24, 2.45) is 4.99 Å². The Morgan fingerprint density at radius 3 is 2.10 bits per heavy atom. The van der Waals surface area contributed by atoms with Crippen molar-refractivity contribution in [3.8, 4) is 0 Å². The van der Waals surface area contributed by atoms with Crippen LogP contribution in [0.5, 0.6) is 0 Å². The molecule has 0 saturated heterocycles. The minimum Gasteiger partial charge on any atom is -0.352 e. The van der Waals surface area contributed by atoms with Crippen molar-refractivity contribution in [3.63, 3.8) is 0 Å². The van der Waals surface area contributed by atoms with Crippen molar-refractivity contribution >= 4 is 22.9 Å². The van der Waals surface area contributed by atoms with Gasteiger partial charge in [-0.2, -0.15) is 0 Å². The summed E-state index contributed by atoms with van der Waals surface area (Å²) in [5, 5.41) is 3.34. The molecule has 3 heteroatoms. The molecular formula is C26H24N2O. The second kappa shape index (κ2) is 7.51. The number of carbonyl (C=O) groups excluding carboxylic acids is 1. The zero-order chi connectivity index (χ0) is 20.5. The molecule has 0 unspecified atom stereocenters. The van der Waals surface area contributed by atoms with E-state index < -0.39 is 0 Å². The number of rotatable bonds is 3. The molecule has 3 aromatic rings. The van der Waals surface area contributed by atoms with E-state index in [1.165, 1.54) is 11.1 Å². The van der Waals surface area contributed by atoms with Crippen molar-refractivity contribution < 1.29 is 4.79 Å². The first kappa shape index (κ1) is 18.9. The predicted octanol–water partition coefficient (Wildman–Crippen LogP) is 6.23. The van der Waals surface area contributed by atoms with Gasteiger partial charge in [-0.15, -0.1) is 0 Å². The first-order chi connectivity index (χ1) is 13.9. The fraction of sp³-hybridized carbons (Fsp3) is 0.154. The molecule has 0 heterocycles. The molecule has 0 fully saturated rings. The van der Waals surface area contributed by atoms with Crippen LogP contribution in [0.1, 0.15) is 38.2 Å². The molecule has 0 amide bonds. The molecule has 4 rings (SSSR count). The number of Topliss-reactive ketones (excluding diaryl/α,β-unsaturated/α-hetero) is 1. The van der Waals surface area contributed by atoms with Crippen LogP contribution < -0.4 is 5.32 Å². The molecule has 29 heavy (non-hydrogen) atoms. The first-order valence-electron chi connectivity index (χ1n) is 9.78. The van der Waals surface area contributed by atoms with Gasteiger partial charge in [0.1, 0.15) is 0 Å². The Bertz CT molecular complexity index is 1190. The zero-order valence-electron chi connectivity index (χ0n) is 17.2. The van der Waals surface area contributed by atoms with Gasteiger partial charge < -0.3 is 5.32 Å². The fourth-order valence-electron chi connectivity index (χ4n) is 3.67. The number of hydrogen-bond acceptors (Lipinski definition) is 3. The van der Waals surface area contributed by atoms with E-state index in [1.807, 2.05) is 55.5 Å². The highest BCUT2D eigenvalue weighted by atomic mass is 16.1. The summed E-state index contributed by atoms with van der Waals surface area (Å²) >= 11 is 0. The lowest BCUT2D eigenvalue weighted by Gasteiger charge is -2.20. The van der Waals surface area contributed by atoms with E-state index in [1.54, 1.807) is 0 Å². The molecule has 0 aliphatic heterocycles. The number of anilines is 1. The lowest BCUT2D eigenvalue weighted by molar-refractivity contribution is 0.103. The van der Waals surface area contributed by atoms with Crippen molar-refractivity contribution in [1.29, 1.82) is 0 Å². The number of allylic oxidation sites excluding steroid dienone is 2. The van der Waals surface area contributed by atoms with Crippen molar-refractivity contribution in [2.45, 2.75) is 27.7 Å². The van der Waals surface area contributed by atoms with E-state index >= 15 is 0 Å². The van der Waals surface area contributed by atoms with E-state index in [4.69, 9.17) is 4.99 Å². The number of aliphatic imine (C=N–C) groups is 1. The minimum atomic E-state index is -0.0137. The highest BCUT2D eigenvalue weighted by Crippen LogP contribution is 2.28. The van der Waals surface area contributed by atoms with Crippen LogP contribution in [0.25, 0.3) is 0 Å².